The van der Waals surface area contributed by atoms with Crippen LogP contribution in [0.25, 0.3) is 0 Å². The van der Waals surface area contributed by atoms with E-state index < -0.39 is 0 Å². The first-order valence-corrected chi connectivity index (χ1v) is 6.52. The van der Waals surface area contributed by atoms with Crippen LogP contribution in [-0.2, 0) is 11.3 Å². The Kier molecular flexibility index (Phi) is 3.97. The molecular formula is C14H21N3O. The molecule has 0 spiro atoms. The summed E-state index contributed by atoms with van der Waals surface area (Å²) in [5.41, 5.74) is 1.67. The van der Waals surface area contributed by atoms with E-state index in [9.17, 15) is 4.79 Å². The van der Waals surface area contributed by atoms with E-state index in [1.807, 2.05) is 32.0 Å². The second-order valence-electron chi connectivity index (χ2n) is 5.26. The second-order valence-corrected chi connectivity index (χ2v) is 5.26. The first-order chi connectivity index (χ1) is 8.60. The number of carbonyl (C=O) groups excluding carboxylic acids is 1. The van der Waals surface area contributed by atoms with E-state index in [1.165, 1.54) is 0 Å². The number of piperidine rings is 1. The van der Waals surface area contributed by atoms with Crippen LogP contribution in [0.5, 0.6) is 0 Å². The molecule has 4 nitrogen and oxygen atoms in total. The molecular weight excluding hydrogens is 226 g/mol. The Balaban J connectivity index is 1.91. The first kappa shape index (κ1) is 13.0. The third-order valence-electron chi connectivity index (χ3n) is 3.63. The normalized spacial score (nSPS) is 18.3. The molecule has 1 aromatic rings. The van der Waals surface area contributed by atoms with Gasteiger partial charge in [-0.15, -0.1) is 0 Å². The van der Waals surface area contributed by atoms with Crippen molar-refractivity contribution in [3.05, 3.63) is 29.6 Å². The maximum atomic E-state index is 12.2. The molecule has 1 fully saturated rings. The molecule has 1 aliphatic rings. The van der Waals surface area contributed by atoms with Gasteiger partial charge in [0.05, 0.1) is 12.2 Å². The van der Waals surface area contributed by atoms with Crippen LogP contribution < -0.4 is 10.6 Å². The van der Waals surface area contributed by atoms with Crippen molar-refractivity contribution >= 4 is 5.91 Å². The number of amides is 1. The average Bonchev–Trinajstić information content (AvgIpc) is 2.37. The van der Waals surface area contributed by atoms with E-state index in [-0.39, 0.29) is 11.3 Å². The van der Waals surface area contributed by atoms with Crippen LogP contribution >= 0.6 is 0 Å². The standard InChI is InChI=1S/C14H21N3O/c1-11-4-3-5-12(17-11)10-16-13(18)14(2)6-8-15-9-7-14/h3-5,15H,6-10H2,1-2H3,(H,16,18). The molecule has 0 radical (unpaired) electrons. The number of carbonyl (C=O) groups is 1. The number of rotatable bonds is 3. The number of pyridine rings is 1. The molecule has 98 valence electrons. The van der Waals surface area contributed by atoms with Crippen LogP contribution in [0.2, 0.25) is 0 Å². The Morgan fingerprint density at radius 2 is 2.17 bits per heavy atom. The molecule has 1 amide bonds. The molecule has 1 saturated heterocycles. The van der Waals surface area contributed by atoms with Gasteiger partial charge in [-0.25, -0.2) is 0 Å². The maximum absolute atomic E-state index is 12.2. The van der Waals surface area contributed by atoms with Gasteiger partial charge in [0.2, 0.25) is 5.91 Å². The minimum Gasteiger partial charge on any atom is -0.350 e. The highest BCUT2D eigenvalue weighted by atomic mass is 16.2. The maximum Gasteiger partial charge on any atom is 0.226 e. The summed E-state index contributed by atoms with van der Waals surface area (Å²) in [6.07, 6.45) is 1.81. The Morgan fingerprint density at radius 3 is 2.83 bits per heavy atom. The van der Waals surface area contributed by atoms with E-state index in [2.05, 4.69) is 15.6 Å². The monoisotopic (exact) mass is 247 g/mol. The lowest BCUT2D eigenvalue weighted by Crippen LogP contribution is -2.45. The highest BCUT2D eigenvalue weighted by molar-refractivity contribution is 5.82. The van der Waals surface area contributed by atoms with Crippen LogP contribution in [0.4, 0.5) is 0 Å². The van der Waals surface area contributed by atoms with E-state index in [0.717, 1.165) is 37.3 Å². The van der Waals surface area contributed by atoms with Crippen molar-refractivity contribution < 1.29 is 4.79 Å². The molecule has 0 unspecified atom stereocenters. The number of hydrogen-bond acceptors (Lipinski definition) is 3. The van der Waals surface area contributed by atoms with Crippen molar-refractivity contribution in [3.8, 4) is 0 Å². The Morgan fingerprint density at radius 1 is 1.44 bits per heavy atom. The van der Waals surface area contributed by atoms with E-state index >= 15 is 0 Å². The molecule has 2 heterocycles. The zero-order valence-corrected chi connectivity index (χ0v) is 11.1. The fraction of sp³-hybridized carbons (Fsp3) is 0.571. The smallest absolute Gasteiger partial charge is 0.226 e. The minimum absolute atomic E-state index is 0.146. The predicted molar refractivity (Wildman–Crippen MR) is 71.0 cm³/mol. The number of nitrogens with zero attached hydrogens (tertiary/aromatic N) is 1. The minimum atomic E-state index is -0.227. The summed E-state index contributed by atoms with van der Waals surface area (Å²) in [5, 5.41) is 6.29. The summed E-state index contributed by atoms with van der Waals surface area (Å²) in [7, 11) is 0. The first-order valence-electron chi connectivity index (χ1n) is 6.52. The zero-order valence-electron chi connectivity index (χ0n) is 11.1. The third kappa shape index (κ3) is 3.07. The van der Waals surface area contributed by atoms with Gasteiger partial charge in [0.1, 0.15) is 0 Å². The van der Waals surface area contributed by atoms with E-state index in [1.54, 1.807) is 0 Å². The fourth-order valence-corrected chi connectivity index (χ4v) is 2.29. The summed E-state index contributed by atoms with van der Waals surface area (Å²) >= 11 is 0. The summed E-state index contributed by atoms with van der Waals surface area (Å²) in [4.78, 5) is 16.6. The van der Waals surface area contributed by atoms with Gasteiger partial charge in [0.25, 0.3) is 0 Å². The van der Waals surface area contributed by atoms with Gasteiger partial charge in [-0.2, -0.15) is 0 Å². The van der Waals surface area contributed by atoms with Gasteiger partial charge >= 0.3 is 0 Å². The SMILES string of the molecule is Cc1cccc(CNC(=O)C2(C)CCNCC2)n1. The predicted octanol–water partition coefficient (Wildman–Crippen LogP) is 1.40. The van der Waals surface area contributed by atoms with Gasteiger partial charge in [0, 0.05) is 11.1 Å². The number of aryl methyl sites for hydroxylation is 1. The van der Waals surface area contributed by atoms with Crippen molar-refractivity contribution in [2.75, 3.05) is 13.1 Å². The second kappa shape index (κ2) is 5.48. The number of hydrogen-bond donors (Lipinski definition) is 2. The molecule has 0 bridgehead atoms. The van der Waals surface area contributed by atoms with Gasteiger partial charge in [0.15, 0.2) is 0 Å². The van der Waals surface area contributed by atoms with E-state index in [4.69, 9.17) is 0 Å². The van der Waals surface area contributed by atoms with Crippen LogP contribution in [0.1, 0.15) is 31.2 Å². The summed E-state index contributed by atoms with van der Waals surface area (Å²) in [6, 6.07) is 5.87. The molecule has 1 aliphatic heterocycles. The highest BCUT2D eigenvalue weighted by Gasteiger charge is 2.34. The van der Waals surface area contributed by atoms with Gasteiger partial charge < -0.3 is 10.6 Å². The number of nitrogens with one attached hydrogen (secondary N) is 2. The van der Waals surface area contributed by atoms with Crippen molar-refractivity contribution in [2.45, 2.75) is 33.2 Å². The molecule has 1 aromatic heterocycles. The summed E-state index contributed by atoms with van der Waals surface area (Å²) < 4.78 is 0. The van der Waals surface area contributed by atoms with Gasteiger partial charge in [-0.1, -0.05) is 13.0 Å². The summed E-state index contributed by atoms with van der Waals surface area (Å²) in [5.74, 6) is 0.146. The van der Waals surface area contributed by atoms with E-state index in [0.29, 0.717) is 6.54 Å². The van der Waals surface area contributed by atoms with Crippen LogP contribution in [0.3, 0.4) is 0 Å². The van der Waals surface area contributed by atoms with Crippen molar-refractivity contribution in [1.29, 1.82) is 0 Å². The molecule has 0 aromatic carbocycles. The Labute approximate surface area is 108 Å². The lowest BCUT2D eigenvalue weighted by atomic mass is 9.80. The highest BCUT2D eigenvalue weighted by Crippen LogP contribution is 2.27. The lowest BCUT2D eigenvalue weighted by molar-refractivity contribution is -0.131. The molecule has 0 saturated carbocycles. The molecule has 0 atom stereocenters. The van der Waals surface area contributed by atoms with Crippen molar-refractivity contribution in [3.63, 3.8) is 0 Å². The lowest BCUT2D eigenvalue weighted by Gasteiger charge is -2.32. The summed E-state index contributed by atoms with van der Waals surface area (Å²) in [6.45, 7) is 6.37. The van der Waals surface area contributed by atoms with Gasteiger partial charge in [-0.05, 0) is 45.0 Å². The van der Waals surface area contributed by atoms with Crippen LogP contribution in [-0.4, -0.2) is 24.0 Å². The topological polar surface area (TPSA) is 54.0 Å². The molecule has 2 rings (SSSR count). The largest absolute Gasteiger partial charge is 0.350 e. The fourth-order valence-electron chi connectivity index (χ4n) is 2.29. The molecule has 0 aliphatic carbocycles. The van der Waals surface area contributed by atoms with Crippen molar-refractivity contribution in [2.24, 2.45) is 5.41 Å². The van der Waals surface area contributed by atoms with Gasteiger partial charge in [-0.3, -0.25) is 9.78 Å². The molecule has 18 heavy (non-hydrogen) atoms. The number of aromatic nitrogens is 1. The molecule has 4 heteroatoms. The zero-order chi connectivity index (χ0) is 13.0. The third-order valence-corrected chi connectivity index (χ3v) is 3.63. The van der Waals surface area contributed by atoms with Crippen molar-refractivity contribution in [1.82, 2.24) is 15.6 Å². The Hall–Kier alpha value is -1.42. The molecule has 2 N–H and O–H groups in total. The average molecular weight is 247 g/mol. The van der Waals surface area contributed by atoms with Crippen LogP contribution in [0.15, 0.2) is 18.2 Å². The quantitative estimate of drug-likeness (QED) is 0.849. The van der Waals surface area contributed by atoms with Crippen LogP contribution in [0, 0.1) is 12.3 Å². The Bertz CT molecular complexity index is 425.